The van der Waals surface area contributed by atoms with Gasteiger partial charge in [0.05, 0.1) is 0 Å². The third-order valence-corrected chi connectivity index (χ3v) is 2.87. The normalized spacial score (nSPS) is 11.4. The van der Waals surface area contributed by atoms with Crippen molar-refractivity contribution in [2.45, 2.75) is 26.3 Å². The van der Waals surface area contributed by atoms with Crippen molar-refractivity contribution in [3.05, 3.63) is 35.1 Å². The number of rotatable bonds is 8. The summed E-state index contributed by atoms with van der Waals surface area (Å²) in [6.45, 7) is 3.54. The Morgan fingerprint density at radius 2 is 2.19 bits per heavy atom. The molecule has 0 aliphatic carbocycles. The average Bonchev–Trinajstić information content (AvgIpc) is 2.49. The summed E-state index contributed by atoms with van der Waals surface area (Å²) in [6, 6.07) is 4.08. The van der Waals surface area contributed by atoms with Gasteiger partial charge in [-0.05, 0) is 24.1 Å². The zero-order chi connectivity index (χ0) is 15.7. The zero-order valence-electron chi connectivity index (χ0n) is 12.0. The fraction of sp³-hybridized carbons (Fsp3) is 0.429. The van der Waals surface area contributed by atoms with Crippen molar-refractivity contribution in [1.82, 2.24) is 10.6 Å². The van der Waals surface area contributed by atoms with E-state index in [4.69, 9.17) is 10.9 Å². The van der Waals surface area contributed by atoms with Crippen molar-refractivity contribution in [3.63, 3.8) is 0 Å². The fourth-order valence-electron chi connectivity index (χ4n) is 1.77. The van der Waals surface area contributed by atoms with E-state index >= 15 is 0 Å². The molecule has 1 rings (SSSR count). The lowest BCUT2D eigenvalue weighted by Crippen LogP contribution is -2.28. The van der Waals surface area contributed by atoms with E-state index in [1.54, 1.807) is 6.07 Å². The van der Waals surface area contributed by atoms with Gasteiger partial charge in [0.25, 0.3) is 0 Å². The predicted octanol–water partition coefficient (Wildman–Crippen LogP) is 0.926. The van der Waals surface area contributed by atoms with E-state index in [0.29, 0.717) is 37.2 Å². The second kappa shape index (κ2) is 8.91. The maximum atomic E-state index is 13.2. The molecule has 0 aliphatic heterocycles. The lowest BCUT2D eigenvalue weighted by Gasteiger charge is -2.10. The molecular formula is C14H21FN4O2. The van der Waals surface area contributed by atoms with Crippen LogP contribution in [0.25, 0.3) is 0 Å². The maximum Gasteiger partial charge on any atom is 0.221 e. The quantitative estimate of drug-likeness (QED) is 0.188. The third kappa shape index (κ3) is 5.78. The largest absolute Gasteiger partial charge is 0.409 e. The van der Waals surface area contributed by atoms with E-state index in [1.807, 2.05) is 6.92 Å². The summed E-state index contributed by atoms with van der Waals surface area (Å²) in [7, 11) is 0. The Labute approximate surface area is 123 Å². The highest BCUT2D eigenvalue weighted by Crippen LogP contribution is 2.11. The van der Waals surface area contributed by atoms with Gasteiger partial charge in [0.2, 0.25) is 5.91 Å². The van der Waals surface area contributed by atoms with Crippen LogP contribution in [0.1, 0.15) is 30.9 Å². The van der Waals surface area contributed by atoms with Crippen LogP contribution in [-0.4, -0.2) is 30.0 Å². The Morgan fingerprint density at radius 1 is 1.43 bits per heavy atom. The summed E-state index contributed by atoms with van der Waals surface area (Å²) in [5.74, 6) is -0.619. The van der Waals surface area contributed by atoms with Crippen molar-refractivity contribution in [3.8, 4) is 0 Å². The van der Waals surface area contributed by atoms with Gasteiger partial charge in [-0.25, -0.2) is 4.39 Å². The van der Waals surface area contributed by atoms with Crippen LogP contribution >= 0.6 is 0 Å². The standard InChI is InChI=1S/C14H21FN4O2/c1-2-6-18-13(20)5-7-17-9-10-3-4-11(15)8-12(10)14(16)19-21/h3-4,8,17,21H,2,5-7,9H2,1H3,(H2,16,19)(H,18,20). The number of amidine groups is 1. The molecule has 1 aromatic rings. The van der Waals surface area contributed by atoms with Crippen LogP contribution in [0.4, 0.5) is 4.39 Å². The van der Waals surface area contributed by atoms with E-state index in [9.17, 15) is 9.18 Å². The highest BCUT2D eigenvalue weighted by molar-refractivity contribution is 5.98. The molecule has 0 aliphatic rings. The molecule has 0 radical (unpaired) electrons. The van der Waals surface area contributed by atoms with Gasteiger partial charge in [0.15, 0.2) is 5.84 Å². The Kier molecular flexibility index (Phi) is 7.17. The van der Waals surface area contributed by atoms with E-state index in [2.05, 4.69) is 15.8 Å². The molecule has 0 bridgehead atoms. The van der Waals surface area contributed by atoms with Crippen molar-refractivity contribution >= 4 is 11.7 Å². The third-order valence-electron chi connectivity index (χ3n) is 2.87. The summed E-state index contributed by atoms with van der Waals surface area (Å²) in [4.78, 5) is 11.4. The van der Waals surface area contributed by atoms with Gasteiger partial charge < -0.3 is 21.6 Å². The Hall–Kier alpha value is -2.15. The van der Waals surface area contributed by atoms with E-state index < -0.39 is 5.82 Å². The number of carbonyl (C=O) groups excluding carboxylic acids is 1. The van der Waals surface area contributed by atoms with E-state index in [0.717, 1.165) is 6.42 Å². The van der Waals surface area contributed by atoms with Gasteiger partial charge in [-0.3, -0.25) is 4.79 Å². The number of hydrogen-bond donors (Lipinski definition) is 4. The maximum absolute atomic E-state index is 13.2. The first-order valence-corrected chi connectivity index (χ1v) is 6.82. The predicted molar refractivity (Wildman–Crippen MR) is 78.5 cm³/mol. The molecule has 0 saturated heterocycles. The first kappa shape index (κ1) is 16.9. The Balaban J connectivity index is 2.50. The van der Waals surface area contributed by atoms with Crippen molar-refractivity contribution in [1.29, 1.82) is 0 Å². The monoisotopic (exact) mass is 296 g/mol. The molecule has 6 nitrogen and oxygen atoms in total. The van der Waals surface area contributed by atoms with Crippen LogP contribution < -0.4 is 16.4 Å². The fourth-order valence-corrected chi connectivity index (χ4v) is 1.77. The Morgan fingerprint density at radius 3 is 2.86 bits per heavy atom. The SMILES string of the molecule is CCCNC(=O)CCNCc1ccc(F)cc1C(N)=NO. The number of oxime groups is 1. The summed E-state index contributed by atoms with van der Waals surface area (Å²) in [6.07, 6.45) is 1.26. The smallest absolute Gasteiger partial charge is 0.221 e. The summed E-state index contributed by atoms with van der Waals surface area (Å²) in [5.41, 5.74) is 6.54. The number of hydrogen-bond acceptors (Lipinski definition) is 4. The molecule has 0 saturated carbocycles. The molecular weight excluding hydrogens is 275 g/mol. The van der Waals surface area contributed by atoms with Crippen LogP contribution in [0.3, 0.4) is 0 Å². The van der Waals surface area contributed by atoms with Gasteiger partial charge in [-0.15, -0.1) is 0 Å². The molecule has 0 unspecified atom stereocenters. The van der Waals surface area contributed by atoms with Crippen LogP contribution in [0.15, 0.2) is 23.4 Å². The first-order chi connectivity index (χ1) is 10.1. The minimum Gasteiger partial charge on any atom is -0.409 e. The number of nitrogens with two attached hydrogens (primary N) is 1. The van der Waals surface area contributed by atoms with Crippen LogP contribution in [0, 0.1) is 5.82 Å². The van der Waals surface area contributed by atoms with Crippen molar-refractivity contribution in [2.75, 3.05) is 13.1 Å². The van der Waals surface area contributed by atoms with E-state index in [1.165, 1.54) is 12.1 Å². The van der Waals surface area contributed by atoms with Gasteiger partial charge >= 0.3 is 0 Å². The van der Waals surface area contributed by atoms with Crippen LogP contribution in [-0.2, 0) is 11.3 Å². The zero-order valence-corrected chi connectivity index (χ0v) is 12.0. The molecule has 0 spiro atoms. The molecule has 1 aromatic carbocycles. The molecule has 0 fully saturated rings. The highest BCUT2D eigenvalue weighted by Gasteiger charge is 2.08. The lowest BCUT2D eigenvalue weighted by atomic mass is 10.1. The summed E-state index contributed by atoms with van der Waals surface area (Å²) in [5, 5.41) is 17.4. The molecule has 0 heterocycles. The van der Waals surface area contributed by atoms with Gasteiger partial charge in [0, 0.05) is 31.6 Å². The van der Waals surface area contributed by atoms with Crippen molar-refractivity contribution < 1.29 is 14.4 Å². The molecule has 0 aromatic heterocycles. The first-order valence-electron chi connectivity index (χ1n) is 6.82. The number of benzene rings is 1. The van der Waals surface area contributed by atoms with Gasteiger partial charge in [0.1, 0.15) is 5.82 Å². The second-order valence-electron chi connectivity index (χ2n) is 4.56. The lowest BCUT2D eigenvalue weighted by molar-refractivity contribution is -0.120. The van der Waals surface area contributed by atoms with Crippen molar-refractivity contribution in [2.24, 2.45) is 10.9 Å². The molecule has 1 amide bonds. The Bertz CT molecular complexity index is 506. The molecule has 5 N–H and O–H groups in total. The number of carbonyl (C=O) groups is 1. The van der Waals surface area contributed by atoms with E-state index in [-0.39, 0.29) is 11.7 Å². The molecule has 0 atom stereocenters. The molecule has 7 heteroatoms. The van der Waals surface area contributed by atoms with Gasteiger partial charge in [-0.1, -0.05) is 18.1 Å². The van der Waals surface area contributed by atoms with Crippen LogP contribution in [0.2, 0.25) is 0 Å². The number of halogens is 1. The average molecular weight is 296 g/mol. The molecule has 116 valence electrons. The molecule has 21 heavy (non-hydrogen) atoms. The van der Waals surface area contributed by atoms with Gasteiger partial charge in [-0.2, -0.15) is 0 Å². The number of nitrogens with zero attached hydrogens (tertiary/aromatic N) is 1. The minimum atomic E-state index is -0.459. The summed E-state index contributed by atoms with van der Waals surface area (Å²) >= 11 is 0. The summed E-state index contributed by atoms with van der Waals surface area (Å²) < 4.78 is 13.2. The number of nitrogens with one attached hydrogen (secondary N) is 2. The second-order valence-corrected chi connectivity index (χ2v) is 4.56. The van der Waals surface area contributed by atoms with Crippen LogP contribution in [0.5, 0.6) is 0 Å². The highest BCUT2D eigenvalue weighted by atomic mass is 19.1. The minimum absolute atomic E-state index is 0.0138. The topological polar surface area (TPSA) is 99.7 Å². The number of amides is 1.